The minimum atomic E-state index is 0.198. The number of carbonyl (C=O) groups excluding carboxylic acids is 1. The molecule has 0 saturated carbocycles. The van der Waals surface area contributed by atoms with Crippen molar-refractivity contribution in [2.24, 2.45) is 0 Å². The summed E-state index contributed by atoms with van der Waals surface area (Å²) in [5, 5.41) is 3.99. The van der Waals surface area contributed by atoms with Crippen LogP contribution in [0.2, 0.25) is 0 Å². The van der Waals surface area contributed by atoms with Crippen molar-refractivity contribution in [2.45, 2.75) is 26.0 Å². The number of piperazine rings is 1. The van der Waals surface area contributed by atoms with E-state index in [0.717, 1.165) is 44.0 Å². The lowest BCUT2D eigenvalue weighted by atomic mass is 10.1. The fourth-order valence-electron chi connectivity index (χ4n) is 3.57. The number of hydrogen-bond acceptors (Lipinski definition) is 7. The summed E-state index contributed by atoms with van der Waals surface area (Å²) >= 11 is 0. The van der Waals surface area contributed by atoms with E-state index in [0.29, 0.717) is 31.2 Å². The molecule has 1 aliphatic heterocycles. The number of methoxy groups -OCH3 is 1. The van der Waals surface area contributed by atoms with Gasteiger partial charge < -0.3 is 18.6 Å². The minimum Gasteiger partial charge on any atom is -0.469 e. The fourth-order valence-corrected chi connectivity index (χ4v) is 3.57. The van der Waals surface area contributed by atoms with Gasteiger partial charge in [-0.25, -0.2) is 0 Å². The highest BCUT2D eigenvalue weighted by atomic mass is 16.5. The van der Waals surface area contributed by atoms with Crippen LogP contribution in [0, 0.1) is 0 Å². The fraction of sp³-hybridized carbons (Fsp3) is 0.409. The number of nitrogens with zero attached hydrogens (tertiary/aromatic N) is 4. The van der Waals surface area contributed by atoms with Gasteiger partial charge in [-0.2, -0.15) is 4.98 Å². The lowest BCUT2D eigenvalue weighted by molar-refractivity contribution is -0.133. The first kappa shape index (κ1) is 20.3. The molecule has 0 bridgehead atoms. The zero-order valence-corrected chi connectivity index (χ0v) is 17.1. The number of carbonyl (C=O) groups is 1. The maximum atomic E-state index is 12.4. The molecule has 0 atom stereocenters. The molecule has 8 heteroatoms. The molecule has 8 nitrogen and oxygen atoms in total. The number of hydrogen-bond donors (Lipinski definition) is 0. The molecule has 0 N–H and O–H groups in total. The topological polar surface area (TPSA) is 84.8 Å². The smallest absolute Gasteiger partial charge is 0.252 e. The Labute approximate surface area is 175 Å². The number of ether oxygens (including phenoxy) is 1. The van der Waals surface area contributed by atoms with Crippen molar-refractivity contribution in [3.63, 3.8) is 0 Å². The lowest BCUT2D eigenvalue weighted by Crippen LogP contribution is -2.48. The van der Waals surface area contributed by atoms with Crippen LogP contribution in [0.25, 0.3) is 11.4 Å². The molecule has 1 fully saturated rings. The molecule has 158 valence electrons. The van der Waals surface area contributed by atoms with E-state index >= 15 is 0 Å². The Bertz CT molecular complexity index is 928. The molecule has 1 saturated heterocycles. The van der Waals surface area contributed by atoms with Crippen LogP contribution in [0.15, 0.2) is 51.6 Å². The summed E-state index contributed by atoms with van der Waals surface area (Å²) < 4.78 is 15.5. The highest BCUT2D eigenvalue weighted by molar-refractivity contribution is 5.76. The number of aryl methyl sites for hydroxylation is 1. The summed E-state index contributed by atoms with van der Waals surface area (Å²) in [6.45, 7) is 4.44. The largest absolute Gasteiger partial charge is 0.469 e. The predicted molar refractivity (Wildman–Crippen MR) is 109 cm³/mol. The van der Waals surface area contributed by atoms with Crippen LogP contribution in [0.1, 0.15) is 23.6 Å². The average molecular weight is 410 g/mol. The Balaban J connectivity index is 1.24. The van der Waals surface area contributed by atoms with E-state index in [1.54, 1.807) is 13.4 Å². The Morgan fingerprint density at radius 1 is 1.13 bits per heavy atom. The molecule has 0 unspecified atom stereocenters. The van der Waals surface area contributed by atoms with Crippen LogP contribution >= 0.6 is 0 Å². The predicted octanol–water partition coefficient (Wildman–Crippen LogP) is 2.75. The quantitative estimate of drug-likeness (QED) is 0.564. The van der Waals surface area contributed by atoms with Crippen molar-refractivity contribution in [1.29, 1.82) is 0 Å². The second-order valence-electron chi connectivity index (χ2n) is 7.38. The Hall–Kier alpha value is -2.97. The Morgan fingerprint density at radius 2 is 1.93 bits per heavy atom. The number of furan rings is 1. The van der Waals surface area contributed by atoms with Gasteiger partial charge in [0.05, 0.1) is 6.26 Å². The first-order valence-corrected chi connectivity index (χ1v) is 10.1. The van der Waals surface area contributed by atoms with Crippen LogP contribution in [-0.4, -0.2) is 59.1 Å². The zero-order valence-electron chi connectivity index (χ0n) is 17.1. The molecular formula is C22H26N4O4. The van der Waals surface area contributed by atoms with Gasteiger partial charge in [-0.05, 0) is 17.7 Å². The highest BCUT2D eigenvalue weighted by Gasteiger charge is 2.21. The first-order chi connectivity index (χ1) is 14.7. The number of aromatic nitrogens is 2. The average Bonchev–Trinajstić information content (AvgIpc) is 3.46. The van der Waals surface area contributed by atoms with E-state index in [4.69, 9.17) is 13.7 Å². The van der Waals surface area contributed by atoms with Crippen molar-refractivity contribution in [1.82, 2.24) is 19.9 Å². The monoisotopic (exact) mass is 410 g/mol. The van der Waals surface area contributed by atoms with Gasteiger partial charge in [-0.3, -0.25) is 9.69 Å². The normalized spacial score (nSPS) is 14.9. The first-order valence-electron chi connectivity index (χ1n) is 10.1. The third-order valence-corrected chi connectivity index (χ3v) is 5.24. The maximum Gasteiger partial charge on any atom is 0.252 e. The van der Waals surface area contributed by atoms with E-state index in [1.165, 1.54) is 5.56 Å². The van der Waals surface area contributed by atoms with Gasteiger partial charge in [0, 0.05) is 58.2 Å². The molecule has 1 aromatic carbocycles. The maximum absolute atomic E-state index is 12.4. The van der Waals surface area contributed by atoms with E-state index in [1.807, 2.05) is 29.2 Å². The minimum absolute atomic E-state index is 0.198. The van der Waals surface area contributed by atoms with Crippen LogP contribution in [-0.2, 0) is 29.1 Å². The molecule has 2 aromatic heterocycles. The van der Waals surface area contributed by atoms with Crippen molar-refractivity contribution >= 4 is 5.91 Å². The molecule has 1 aliphatic rings. The summed E-state index contributed by atoms with van der Waals surface area (Å²) in [6.07, 6.45) is 2.80. The van der Waals surface area contributed by atoms with Crippen molar-refractivity contribution in [3.8, 4) is 11.4 Å². The van der Waals surface area contributed by atoms with Gasteiger partial charge in [0.2, 0.25) is 11.7 Å². The zero-order chi connectivity index (χ0) is 20.8. The van der Waals surface area contributed by atoms with Crippen LogP contribution in [0.5, 0.6) is 0 Å². The van der Waals surface area contributed by atoms with Crippen molar-refractivity contribution in [3.05, 3.63) is 59.9 Å². The molecule has 0 aliphatic carbocycles. The SMILES string of the molecule is COCc1nc(-c2ccc(CN3CCN(C(=O)CCc4ccco4)CC3)cc2)no1. The molecule has 1 amide bonds. The molecule has 30 heavy (non-hydrogen) atoms. The van der Waals surface area contributed by atoms with Crippen LogP contribution < -0.4 is 0 Å². The van der Waals surface area contributed by atoms with Crippen LogP contribution in [0.3, 0.4) is 0 Å². The number of amides is 1. The van der Waals surface area contributed by atoms with E-state index in [9.17, 15) is 4.79 Å². The second-order valence-corrected chi connectivity index (χ2v) is 7.38. The summed E-state index contributed by atoms with van der Waals surface area (Å²) in [6, 6.07) is 11.9. The third kappa shape index (κ3) is 5.14. The molecule has 4 rings (SSSR count). The number of rotatable bonds is 8. The highest BCUT2D eigenvalue weighted by Crippen LogP contribution is 2.18. The summed E-state index contributed by atoms with van der Waals surface area (Å²) in [4.78, 5) is 21.1. The molecule has 3 heterocycles. The van der Waals surface area contributed by atoms with Gasteiger partial charge in [-0.1, -0.05) is 29.4 Å². The Kier molecular flexibility index (Phi) is 6.56. The molecule has 3 aromatic rings. The third-order valence-electron chi connectivity index (χ3n) is 5.24. The molecule has 0 spiro atoms. The van der Waals surface area contributed by atoms with Gasteiger partial charge in [-0.15, -0.1) is 0 Å². The second kappa shape index (κ2) is 9.69. The number of benzene rings is 1. The van der Waals surface area contributed by atoms with Gasteiger partial charge in [0.15, 0.2) is 0 Å². The van der Waals surface area contributed by atoms with Gasteiger partial charge >= 0.3 is 0 Å². The van der Waals surface area contributed by atoms with Crippen molar-refractivity contribution < 1.29 is 18.5 Å². The summed E-state index contributed by atoms with van der Waals surface area (Å²) in [5.74, 6) is 2.09. The lowest BCUT2D eigenvalue weighted by Gasteiger charge is -2.34. The van der Waals surface area contributed by atoms with Crippen molar-refractivity contribution in [2.75, 3.05) is 33.3 Å². The summed E-state index contributed by atoms with van der Waals surface area (Å²) in [5.41, 5.74) is 2.13. The van der Waals surface area contributed by atoms with Gasteiger partial charge in [0.25, 0.3) is 5.89 Å². The van der Waals surface area contributed by atoms with E-state index < -0.39 is 0 Å². The standard InChI is InChI=1S/C22H26N4O4/c1-28-16-20-23-22(24-30-20)18-6-4-17(5-7-18)15-25-10-12-26(13-11-25)21(27)9-8-19-3-2-14-29-19/h2-7,14H,8-13,15-16H2,1H3. The summed E-state index contributed by atoms with van der Waals surface area (Å²) in [7, 11) is 1.59. The molecular weight excluding hydrogens is 384 g/mol. The van der Waals surface area contributed by atoms with E-state index in [-0.39, 0.29) is 5.91 Å². The molecule has 0 radical (unpaired) electrons. The Morgan fingerprint density at radius 3 is 2.63 bits per heavy atom. The van der Waals surface area contributed by atoms with Gasteiger partial charge in [0.1, 0.15) is 12.4 Å². The van der Waals surface area contributed by atoms with E-state index in [2.05, 4.69) is 27.2 Å². The van der Waals surface area contributed by atoms with Crippen LogP contribution in [0.4, 0.5) is 0 Å².